The fraction of sp³-hybridized carbons (Fsp3) is 0.412. The zero-order chi connectivity index (χ0) is 15.9. The number of carbonyl (C=O) groups is 1. The van der Waals surface area contributed by atoms with Gasteiger partial charge in [-0.2, -0.15) is 5.10 Å². The average molecular weight is 300 g/mol. The lowest BCUT2D eigenvalue weighted by Crippen LogP contribution is -2.32. The number of carbonyl (C=O) groups excluding carboxylic acids is 1. The van der Waals surface area contributed by atoms with Gasteiger partial charge in [-0.1, -0.05) is 6.92 Å². The Morgan fingerprint density at radius 1 is 1.14 bits per heavy atom. The number of hydrogen-bond acceptors (Lipinski definition) is 3. The number of aromatic nitrogens is 2. The fourth-order valence-electron chi connectivity index (χ4n) is 2.31. The highest BCUT2D eigenvalue weighted by atomic mass is 16.1. The molecule has 0 fully saturated rings. The minimum absolute atomic E-state index is 0.0433. The second-order valence-electron chi connectivity index (χ2n) is 5.39. The number of hydrogen-bond donors (Lipinski definition) is 2. The van der Waals surface area contributed by atoms with Crippen molar-refractivity contribution in [2.24, 2.45) is 0 Å². The number of benzene rings is 1. The molecule has 118 valence electrons. The molecule has 0 aliphatic heterocycles. The van der Waals surface area contributed by atoms with Crippen molar-refractivity contribution in [3.8, 4) is 5.69 Å². The summed E-state index contributed by atoms with van der Waals surface area (Å²) in [6.07, 6.45) is 1.10. The third-order valence-corrected chi connectivity index (χ3v) is 3.40. The van der Waals surface area contributed by atoms with Crippen molar-refractivity contribution >= 4 is 5.91 Å². The Bertz CT molecular complexity index is 616. The van der Waals surface area contributed by atoms with Crippen molar-refractivity contribution in [3.63, 3.8) is 0 Å². The lowest BCUT2D eigenvalue weighted by atomic mass is 10.2. The molecule has 0 aliphatic carbocycles. The molecule has 0 atom stereocenters. The van der Waals surface area contributed by atoms with Crippen LogP contribution >= 0.6 is 0 Å². The van der Waals surface area contributed by atoms with Gasteiger partial charge in [0, 0.05) is 24.3 Å². The maximum Gasteiger partial charge on any atom is 0.251 e. The molecule has 5 heteroatoms. The Morgan fingerprint density at radius 2 is 1.86 bits per heavy atom. The van der Waals surface area contributed by atoms with Gasteiger partial charge < -0.3 is 10.6 Å². The SMILES string of the molecule is CCCNCCNC(=O)c1ccc(-n2nc(C)cc2C)cc1. The largest absolute Gasteiger partial charge is 0.351 e. The van der Waals surface area contributed by atoms with Crippen molar-refractivity contribution < 1.29 is 4.79 Å². The minimum atomic E-state index is -0.0433. The van der Waals surface area contributed by atoms with Crippen molar-refractivity contribution in [1.29, 1.82) is 0 Å². The predicted octanol–water partition coefficient (Wildman–Crippen LogP) is 2.22. The molecule has 1 amide bonds. The van der Waals surface area contributed by atoms with E-state index in [0.29, 0.717) is 12.1 Å². The quantitative estimate of drug-likeness (QED) is 0.771. The molecule has 1 aromatic carbocycles. The van der Waals surface area contributed by atoms with Crippen LogP contribution in [0.15, 0.2) is 30.3 Å². The van der Waals surface area contributed by atoms with Crippen molar-refractivity contribution in [3.05, 3.63) is 47.3 Å². The van der Waals surface area contributed by atoms with Crippen LogP contribution in [0.1, 0.15) is 35.1 Å². The number of aryl methyl sites for hydroxylation is 2. The van der Waals surface area contributed by atoms with Gasteiger partial charge in [-0.05, 0) is 57.1 Å². The molecule has 2 N–H and O–H groups in total. The molecular weight excluding hydrogens is 276 g/mol. The smallest absolute Gasteiger partial charge is 0.251 e. The van der Waals surface area contributed by atoms with E-state index >= 15 is 0 Å². The molecule has 5 nitrogen and oxygen atoms in total. The lowest BCUT2D eigenvalue weighted by molar-refractivity contribution is 0.0954. The van der Waals surface area contributed by atoms with Gasteiger partial charge in [0.15, 0.2) is 0 Å². The van der Waals surface area contributed by atoms with E-state index in [1.54, 1.807) is 0 Å². The molecule has 0 unspecified atom stereocenters. The molecule has 0 spiro atoms. The van der Waals surface area contributed by atoms with Crippen LogP contribution < -0.4 is 10.6 Å². The Kier molecular flexibility index (Phi) is 5.72. The Hall–Kier alpha value is -2.14. The third-order valence-electron chi connectivity index (χ3n) is 3.40. The molecule has 22 heavy (non-hydrogen) atoms. The summed E-state index contributed by atoms with van der Waals surface area (Å²) in [6, 6.07) is 9.54. The van der Waals surface area contributed by atoms with Crippen molar-refractivity contribution in [1.82, 2.24) is 20.4 Å². The summed E-state index contributed by atoms with van der Waals surface area (Å²) in [5.74, 6) is -0.0433. The highest BCUT2D eigenvalue weighted by Crippen LogP contribution is 2.13. The average Bonchev–Trinajstić information content (AvgIpc) is 2.85. The summed E-state index contributed by atoms with van der Waals surface area (Å²) in [5, 5.41) is 10.6. The monoisotopic (exact) mass is 300 g/mol. The molecule has 0 saturated heterocycles. The molecule has 0 aliphatic rings. The van der Waals surface area contributed by atoms with E-state index in [2.05, 4.69) is 22.7 Å². The standard InChI is InChI=1S/C17H24N4O/c1-4-9-18-10-11-19-17(22)15-5-7-16(8-6-15)21-14(3)12-13(2)20-21/h5-8,12,18H,4,9-11H2,1-3H3,(H,19,22). The summed E-state index contributed by atoms with van der Waals surface area (Å²) >= 11 is 0. The van der Waals surface area contributed by atoms with Crippen LogP contribution in [0.4, 0.5) is 0 Å². The minimum Gasteiger partial charge on any atom is -0.351 e. The van der Waals surface area contributed by atoms with Crippen molar-refractivity contribution in [2.45, 2.75) is 27.2 Å². The molecule has 2 rings (SSSR count). The van der Waals surface area contributed by atoms with Gasteiger partial charge in [-0.25, -0.2) is 4.68 Å². The normalized spacial score (nSPS) is 10.7. The second-order valence-corrected chi connectivity index (χ2v) is 5.39. The van der Waals surface area contributed by atoms with Crippen LogP contribution in [0.3, 0.4) is 0 Å². The molecule has 0 bridgehead atoms. The van der Waals surface area contributed by atoms with Gasteiger partial charge >= 0.3 is 0 Å². The maximum atomic E-state index is 12.0. The van der Waals surface area contributed by atoms with Crippen LogP contribution in [0.2, 0.25) is 0 Å². The zero-order valence-electron chi connectivity index (χ0n) is 13.5. The van der Waals surface area contributed by atoms with E-state index < -0.39 is 0 Å². The summed E-state index contributed by atoms with van der Waals surface area (Å²) in [5.41, 5.74) is 3.70. The first-order chi connectivity index (χ1) is 10.6. The Balaban J connectivity index is 1.94. The maximum absolute atomic E-state index is 12.0. The van der Waals surface area contributed by atoms with Gasteiger partial charge in [0.1, 0.15) is 0 Å². The molecular formula is C17H24N4O. The van der Waals surface area contributed by atoms with Crippen LogP contribution in [0.25, 0.3) is 5.69 Å². The first-order valence-electron chi connectivity index (χ1n) is 7.74. The number of nitrogens with one attached hydrogen (secondary N) is 2. The highest BCUT2D eigenvalue weighted by Gasteiger charge is 2.07. The number of rotatable bonds is 7. The summed E-state index contributed by atoms with van der Waals surface area (Å²) in [7, 11) is 0. The first-order valence-corrected chi connectivity index (χ1v) is 7.74. The molecule has 1 aromatic heterocycles. The van der Waals surface area contributed by atoms with Crippen molar-refractivity contribution in [2.75, 3.05) is 19.6 Å². The second kappa shape index (κ2) is 7.75. The van der Waals surface area contributed by atoms with E-state index in [1.165, 1.54) is 0 Å². The van der Waals surface area contributed by atoms with Gasteiger partial charge in [-0.15, -0.1) is 0 Å². The summed E-state index contributed by atoms with van der Waals surface area (Å²) in [6.45, 7) is 8.52. The van der Waals surface area contributed by atoms with E-state index in [4.69, 9.17) is 0 Å². The van der Waals surface area contributed by atoms with E-state index in [9.17, 15) is 4.79 Å². The zero-order valence-corrected chi connectivity index (χ0v) is 13.5. The summed E-state index contributed by atoms with van der Waals surface area (Å²) in [4.78, 5) is 12.0. The molecule has 2 aromatic rings. The molecule has 1 heterocycles. The van der Waals surface area contributed by atoms with E-state index in [0.717, 1.165) is 36.6 Å². The van der Waals surface area contributed by atoms with Gasteiger partial charge in [-0.3, -0.25) is 4.79 Å². The topological polar surface area (TPSA) is 58.9 Å². The highest BCUT2D eigenvalue weighted by molar-refractivity contribution is 5.94. The Morgan fingerprint density at radius 3 is 2.45 bits per heavy atom. The third kappa shape index (κ3) is 4.18. The number of amides is 1. The number of nitrogens with zero attached hydrogens (tertiary/aromatic N) is 2. The van der Waals surface area contributed by atoms with Crippen LogP contribution in [0, 0.1) is 13.8 Å². The van der Waals surface area contributed by atoms with Crippen LogP contribution in [-0.4, -0.2) is 35.3 Å². The fourth-order valence-corrected chi connectivity index (χ4v) is 2.31. The summed E-state index contributed by atoms with van der Waals surface area (Å²) < 4.78 is 1.88. The van der Waals surface area contributed by atoms with E-state index in [1.807, 2.05) is 48.9 Å². The lowest BCUT2D eigenvalue weighted by Gasteiger charge is -2.08. The van der Waals surface area contributed by atoms with Crippen LogP contribution in [0.5, 0.6) is 0 Å². The van der Waals surface area contributed by atoms with E-state index in [-0.39, 0.29) is 5.91 Å². The van der Waals surface area contributed by atoms with Gasteiger partial charge in [0.2, 0.25) is 0 Å². The predicted molar refractivity (Wildman–Crippen MR) is 88.5 cm³/mol. The Labute approximate surface area is 131 Å². The van der Waals surface area contributed by atoms with Gasteiger partial charge in [0.25, 0.3) is 5.91 Å². The molecule has 0 radical (unpaired) electrons. The first kappa shape index (κ1) is 16.2. The molecule has 0 saturated carbocycles. The van der Waals surface area contributed by atoms with Crippen LogP contribution in [-0.2, 0) is 0 Å². The van der Waals surface area contributed by atoms with Gasteiger partial charge in [0.05, 0.1) is 11.4 Å².